The first kappa shape index (κ1) is 15.3. The molecule has 0 saturated carbocycles. The van der Waals surface area contributed by atoms with Crippen LogP contribution >= 0.6 is 0 Å². The smallest absolute Gasteiger partial charge is 0.334 e. The van der Waals surface area contributed by atoms with Gasteiger partial charge in [-0.1, -0.05) is 12.2 Å². The molecule has 2 fully saturated rings. The van der Waals surface area contributed by atoms with E-state index in [2.05, 4.69) is 6.58 Å². The van der Waals surface area contributed by atoms with Gasteiger partial charge < -0.3 is 14.2 Å². The molecule has 2 heterocycles. The number of rotatable bonds is 1. The maximum absolute atomic E-state index is 12.0. The molecule has 0 amide bonds. The number of esters is 2. The van der Waals surface area contributed by atoms with Crippen LogP contribution in [0.15, 0.2) is 23.8 Å². The van der Waals surface area contributed by atoms with Crippen LogP contribution in [0.3, 0.4) is 0 Å². The number of ether oxygens (including phenoxy) is 3. The van der Waals surface area contributed by atoms with Gasteiger partial charge in [0.1, 0.15) is 12.2 Å². The standard InChI is InChI=1S/C17H22O5/c1-9-5-6-14-17(4,22-14)8-13-15(10(2)16(19)21-13)12(7-9)20-11(3)18/h7,12-15H,2,5-6,8H2,1,3-4H3/b9-7+/t12-,13+,14?,15?,17-/m1/s1. The van der Waals surface area contributed by atoms with Gasteiger partial charge in [0.2, 0.25) is 0 Å². The summed E-state index contributed by atoms with van der Waals surface area (Å²) in [6, 6.07) is 0. The van der Waals surface area contributed by atoms with Crippen molar-refractivity contribution in [3.05, 3.63) is 23.8 Å². The zero-order valence-electron chi connectivity index (χ0n) is 13.3. The van der Waals surface area contributed by atoms with Crippen molar-refractivity contribution in [1.82, 2.24) is 0 Å². The van der Waals surface area contributed by atoms with Gasteiger partial charge in [-0.05, 0) is 32.8 Å². The van der Waals surface area contributed by atoms with Gasteiger partial charge in [-0.3, -0.25) is 4.79 Å². The molecular weight excluding hydrogens is 284 g/mol. The predicted molar refractivity (Wildman–Crippen MR) is 79.0 cm³/mol. The van der Waals surface area contributed by atoms with Crippen molar-refractivity contribution in [3.8, 4) is 0 Å². The SMILES string of the molecule is C=C1C(=O)O[C@H]2C[C@@]3(C)OC3CC/C(C)=C/[C@@H](OC(C)=O)C12. The number of hydrogen-bond donors (Lipinski definition) is 0. The molecular formula is C17H22O5. The third kappa shape index (κ3) is 2.70. The molecule has 2 saturated heterocycles. The van der Waals surface area contributed by atoms with Gasteiger partial charge in [-0.2, -0.15) is 0 Å². The van der Waals surface area contributed by atoms with E-state index in [0.29, 0.717) is 12.0 Å². The molecule has 1 aliphatic carbocycles. The molecule has 2 unspecified atom stereocenters. The van der Waals surface area contributed by atoms with E-state index in [0.717, 1.165) is 18.4 Å². The highest BCUT2D eigenvalue weighted by Gasteiger charge is 2.57. The Kier molecular flexibility index (Phi) is 3.63. The number of fused-ring (bicyclic) bond motifs is 2. The summed E-state index contributed by atoms with van der Waals surface area (Å²) in [5, 5.41) is 0. The van der Waals surface area contributed by atoms with Crippen LogP contribution in [0.1, 0.15) is 40.0 Å². The lowest BCUT2D eigenvalue weighted by Gasteiger charge is -2.27. The molecule has 3 rings (SSSR count). The van der Waals surface area contributed by atoms with Gasteiger partial charge >= 0.3 is 11.9 Å². The molecule has 22 heavy (non-hydrogen) atoms. The summed E-state index contributed by atoms with van der Waals surface area (Å²) in [6.07, 6.45) is 3.68. The van der Waals surface area contributed by atoms with Crippen molar-refractivity contribution in [1.29, 1.82) is 0 Å². The maximum atomic E-state index is 12.0. The van der Waals surface area contributed by atoms with Crippen molar-refractivity contribution in [3.63, 3.8) is 0 Å². The first-order valence-electron chi connectivity index (χ1n) is 7.72. The van der Waals surface area contributed by atoms with Gasteiger partial charge in [-0.15, -0.1) is 0 Å². The molecule has 3 aliphatic rings. The lowest BCUT2D eigenvalue weighted by Crippen LogP contribution is -2.35. The summed E-state index contributed by atoms with van der Waals surface area (Å²) >= 11 is 0. The van der Waals surface area contributed by atoms with Crippen molar-refractivity contribution >= 4 is 11.9 Å². The van der Waals surface area contributed by atoms with Crippen molar-refractivity contribution in [2.24, 2.45) is 5.92 Å². The number of hydrogen-bond acceptors (Lipinski definition) is 5. The average molecular weight is 306 g/mol. The fourth-order valence-corrected chi connectivity index (χ4v) is 3.58. The number of carbonyl (C=O) groups is 2. The van der Waals surface area contributed by atoms with E-state index in [1.165, 1.54) is 6.92 Å². The quantitative estimate of drug-likeness (QED) is 0.322. The topological polar surface area (TPSA) is 65.1 Å². The zero-order valence-corrected chi connectivity index (χ0v) is 13.3. The van der Waals surface area contributed by atoms with E-state index in [4.69, 9.17) is 14.2 Å². The molecule has 0 radical (unpaired) electrons. The van der Waals surface area contributed by atoms with E-state index in [1.54, 1.807) is 0 Å². The summed E-state index contributed by atoms with van der Waals surface area (Å²) in [7, 11) is 0. The highest BCUT2D eigenvalue weighted by Crippen LogP contribution is 2.48. The molecule has 2 aliphatic heterocycles. The minimum absolute atomic E-state index is 0.203. The zero-order chi connectivity index (χ0) is 16.1. The molecule has 5 heteroatoms. The Hall–Kier alpha value is -1.62. The highest BCUT2D eigenvalue weighted by atomic mass is 16.6. The molecule has 0 spiro atoms. The minimum atomic E-state index is -0.514. The largest absolute Gasteiger partial charge is 0.458 e. The molecule has 0 aromatic carbocycles. The van der Waals surface area contributed by atoms with Gasteiger partial charge in [0.15, 0.2) is 0 Å². The molecule has 0 N–H and O–H groups in total. The third-order valence-electron chi connectivity index (χ3n) is 4.87. The number of carbonyl (C=O) groups excluding carboxylic acids is 2. The Morgan fingerprint density at radius 2 is 2.23 bits per heavy atom. The monoisotopic (exact) mass is 306 g/mol. The first-order valence-corrected chi connectivity index (χ1v) is 7.72. The molecule has 5 atom stereocenters. The van der Waals surface area contributed by atoms with E-state index in [9.17, 15) is 9.59 Å². The van der Waals surface area contributed by atoms with Gasteiger partial charge in [0.05, 0.1) is 17.6 Å². The summed E-state index contributed by atoms with van der Waals surface area (Å²) < 4.78 is 16.8. The van der Waals surface area contributed by atoms with Gasteiger partial charge in [0, 0.05) is 18.9 Å². The van der Waals surface area contributed by atoms with Crippen LogP contribution in [0, 0.1) is 5.92 Å². The second-order valence-corrected chi connectivity index (χ2v) is 6.74. The fraction of sp³-hybridized carbons (Fsp3) is 0.647. The Labute approximate surface area is 130 Å². The molecule has 0 aromatic heterocycles. The van der Waals surface area contributed by atoms with Crippen LogP contribution in [-0.2, 0) is 23.8 Å². The highest BCUT2D eigenvalue weighted by molar-refractivity contribution is 5.91. The Bertz CT molecular complexity index is 563. The Morgan fingerprint density at radius 1 is 1.50 bits per heavy atom. The van der Waals surface area contributed by atoms with E-state index in [-0.39, 0.29) is 29.7 Å². The number of epoxide rings is 1. The van der Waals surface area contributed by atoms with E-state index >= 15 is 0 Å². The van der Waals surface area contributed by atoms with Gasteiger partial charge in [0.25, 0.3) is 0 Å². The van der Waals surface area contributed by atoms with E-state index in [1.807, 2.05) is 19.9 Å². The molecule has 0 bridgehead atoms. The van der Waals surface area contributed by atoms with Crippen LogP contribution in [0.5, 0.6) is 0 Å². The van der Waals surface area contributed by atoms with Crippen LogP contribution in [0.2, 0.25) is 0 Å². The lowest BCUT2D eigenvalue weighted by molar-refractivity contribution is -0.147. The molecule has 120 valence electrons. The second-order valence-electron chi connectivity index (χ2n) is 6.74. The summed E-state index contributed by atoms with van der Waals surface area (Å²) in [5.74, 6) is -1.12. The summed E-state index contributed by atoms with van der Waals surface area (Å²) in [5.41, 5.74) is 1.24. The lowest BCUT2D eigenvalue weighted by atomic mass is 9.83. The normalized spacial score (nSPS) is 43.3. The van der Waals surface area contributed by atoms with Crippen molar-refractivity contribution in [2.45, 2.75) is 63.9 Å². The fourth-order valence-electron chi connectivity index (χ4n) is 3.58. The number of allylic oxidation sites excluding steroid dienone is 1. The summed E-state index contributed by atoms with van der Waals surface area (Å²) in [4.78, 5) is 23.4. The first-order chi connectivity index (χ1) is 10.3. The summed E-state index contributed by atoms with van der Waals surface area (Å²) in [6.45, 7) is 9.28. The minimum Gasteiger partial charge on any atom is -0.458 e. The van der Waals surface area contributed by atoms with Crippen molar-refractivity contribution < 1.29 is 23.8 Å². The van der Waals surface area contributed by atoms with Crippen LogP contribution in [0.4, 0.5) is 0 Å². The van der Waals surface area contributed by atoms with Crippen molar-refractivity contribution in [2.75, 3.05) is 0 Å². The maximum Gasteiger partial charge on any atom is 0.334 e. The predicted octanol–water partition coefficient (Wildman–Crippen LogP) is 2.30. The Morgan fingerprint density at radius 3 is 2.91 bits per heavy atom. The average Bonchev–Trinajstić information content (AvgIpc) is 2.96. The Balaban J connectivity index is 1.95. The second kappa shape index (κ2) is 5.23. The molecule has 5 nitrogen and oxygen atoms in total. The molecule has 0 aromatic rings. The van der Waals surface area contributed by atoms with Gasteiger partial charge in [-0.25, -0.2) is 4.79 Å². The van der Waals surface area contributed by atoms with Crippen LogP contribution in [0.25, 0.3) is 0 Å². The van der Waals surface area contributed by atoms with Crippen LogP contribution in [-0.4, -0.2) is 35.9 Å². The third-order valence-corrected chi connectivity index (χ3v) is 4.87. The van der Waals surface area contributed by atoms with E-state index < -0.39 is 12.1 Å². The van der Waals surface area contributed by atoms with Crippen LogP contribution < -0.4 is 0 Å².